The lowest BCUT2D eigenvalue weighted by molar-refractivity contribution is 0.0955. The van der Waals surface area contributed by atoms with Crippen LogP contribution >= 0.6 is 27.5 Å². The zero-order valence-electron chi connectivity index (χ0n) is 13.0. The van der Waals surface area contributed by atoms with Crippen molar-refractivity contribution in [2.75, 3.05) is 0 Å². The van der Waals surface area contributed by atoms with E-state index in [4.69, 9.17) is 16.0 Å². The third-order valence-corrected chi connectivity index (χ3v) is 4.26. The van der Waals surface area contributed by atoms with Gasteiger partial charge in [-0.25, -0.2) is 10.2 Å². The van der Waals surface area contributed by atoms with Gasteiger partial charge in [0.1, 0.15) is 5.58 Å². The maximum Gasteiger partial charge on any atom is 0.345 e. The number of benzene rings is 2. The number of hydrogen-bond donors (Lipinski definition) is 1. The second kappa shape index (κ2) is 7.21. The first-order chi connectivity index (χ1) is 11.9. The van der Waals surface area contributed by atoms with E-state index in [2.05, 4.69) is 26.5 Å². The average Bonchev–Trinajstić information content (AvgIpc) is 2.59. The molecule has 0 saturated carbocycles. The van der Waals surface area contributed by atoms with E-state index in [0.29, 0.717) is 21.9 Å². The van der Waals surface area contributed by atoms with E-state index in [1.165, 1.54) is 0 Å². The first kappa shape index (κ1) is 17.4. The van der Waals surface area contributed by atoms with Crippen LogP contribution < -0.4 is 11.1 Å². The summed E-state index contributed by atoms with van der Waals surface area (Å²) in [5.74, 6) is -0.399. The number of fused-ring (bicyclic) bond motifs is 1. The van der Waals surface area contributed by atoms with Gasteiger partial charge >= 0.3 is 5.63 Å². The smallest absolute Gasteiger partial charge is 0.345 e. The van der Waals surface area contributed by atoms with Crippen LogP contribution in [-0.2, 0) is 0 Å². The third-order valence-electron chi connectivity index (χ3n) is 3.52. The Morgan fingerprint density at radius 3 is 2.60 bits per heavy atom. The molecular formula is C18H12BrClN2O3. The molecule has 0 fully saturated rings. The molecule has 0 saturated heterocycles. The van der Waals surface area contributed by atoms with E-state index in [-0.39, 0.29) is 5.56 Å². The second-order valence-electron chi connectivity index (χ2n) is 5.27. The van der Waals surface area contributed by atoms with Crippen LogP contribution in [0.3, 0.4) is 0 Å². The summed E-state index contributed by atoms with van der Waals surface area (Å²) < 4.78 is 6.16. The summed E-state index contributed by atoms with van der Waals surface area (Å²) >= 11 is 9.17. The number of nitrogens with zero attached hydrogens (tertiary/aromatic N) is 1. The molecule has 0 aliphatic heterocycles. The van der Waals surface area contributed by atoms with E-state index in [9.17, 15) is 9.59 Å². The van der Waals surface area contributed by atoms with Gasteiger partial charge in [0.2, 0.25) is 0 Å². The van der Waals surface area contributed by atoms with Gasteiger partial charge in [-0.3, -0.25) is 4.79 Å². The molecule has 25 heavy (non-hydrogen) atoms. The van der Waals surface area contributed by atoms with Crippen molar-refractivity contribution in [2.24, 2.45) is 5.10 Å². The zero-order chi connectivity index (χ0) is 18.0. The van der Waals surface area contributed by atoms with Crippen molar-refractivity contribution < 1.29 is 9.21 Å². The molecule has 3 aromatic rings. The molecule has 1 amide bonds. The Hall–Kier alpha value is -2.44. The molecule has 126 valence electrons. The normalized spacial score (nSPS) is 11.6. The Morgan fingerprint density at radius 1 is 1.16 bits per heavy atom. The number of carbonyl (C=O) groups is 1. The molecule has 0 aliphatic carbocycles. The highest BCUT2D eigenvalue weighted by molar-refractivity contribution is 9.10. The van der Waals surface area contributed by atoms with Gasteiger partial charge in [-0.1, -0.05) is 27.5 Å². The number of halogens is 2. The Balaban J connectivity index is 1.88. The first-order valence-corrected chi connectivity index (χ1v) is 8.45. The topological polar surface area (TPSA) is 71.7 Å². The molecule has 0 aliphatic rings. The highest BCUT2D eigenvalue weighted by Gasteiger charge is 2.10. The van der Waals surface area contributed by atoms with E-state index in [1.54, 1.807) is 49.4 Å². The van der Waals surface area contributed by atoms with Crippen LogP contribution in [0, 0.1) is 0 Å². The molecule has 1 heterocycles. The van der Waals surface area contributed by atoms with Gasteiger partial charge in [0, 0.05) is 20.4 Å². The van der Waals surface area contributed by atoms with Gasteiger partial charge in [-0.15, -0.1) is 0 Å². The van der Waals surface area contributed by atoms with Crippen LogP contribution in [0.2, 0.25) is 5.02 Å². The van der Waals surface area contributed by atoms with Crippen LogP contribution in [0.5, 0.6) is 0 Å². The van der Waals surface area contributed by atoms with Gasteiger partial charge in [0.15, 0.2) is 0 Å². The average molecular weight is 420 g/mol. The summed E-state index contributed by atoms with van der Waals surface area (Å²) in [6, 6.07) is 13.4. The number of hydrogen-bond acceptors (Lipinski definition) is 4. The van der Waals surface area contributed by atoms with Crippen molar-refractivity contribution in [1.29, 1.82) is 0 Å². The van der Waals surface area contributed by atoms with Crippen molar-refractivity contribution >= 4 is 50.1 Å². The predicted molar refractivity (Wildman–Crippen MR) is 101 cm³/mol. The minimum Gasteiger partial charge on any atom is -0.422 e. The fraction of sp³-hybridized carbons (Fsp3) is 0.0556. The molecule has 1 aromatic heterocycles. The molecule has 0 spiro atoms. The minimum absolute atomic E-state index is 0.280. The minimum atomic E-state index is -0.517. The number of carbonyl (C=O) groups excluding carboxylic acids is 1. The first-order valence-electron chi connectivity index (χ1n) is 7.28. The zero-order valence-corrected chi connectivity index (χ0v) is 15.4. The molecule has 2 aromatic carbocycles. The lowest BCUT2D eigenvalue weighted by Gasteiger charge is -2.04. The van der Waals surface area contributed by atoms with Gasteiger partial charge in [-0.2, -0.15) is 5.10 Å². The molecule has 0 radical (unpaired) electrons. The lowest BCUT2D eigenvalue weighted by Crippen LogP contribution is -2.21. The maximum absolute atomic E-state index is 12.1. The standard InChI is InChI=1S/C18H12BrClN2O3/c1-10(21-22-17(23)11-2-5-14(20)6-3-11)15-9-12-8-13(19)4-7-16(12)25-18(15)24/h2-9H,1H3,(H,22,23)/b21-10+. The quantitative estimate of drug-likeness (QED) is 0.389. The highest BCUT2D eigenvalue weighted by atomic mass is 79.9. The molecule has 0 unspecified atom stereocenters. The van der Waals surface area contributed by atoms with Crippen molar-refractivity contribution in [2.45, 2.75) is 6.92 Å². The lowest BCUT2D eigenvalue weighted by atomic mass is 10.1. The molecule has 5 nitrogen and oxygen atoms in total. The van der Waals surface area contributed by atoms with Crippen LogP contribution in [-0.4, -0.2) is 11.6 Å². The van der Waals surface area contributed by atoms with E-state index >= 15 is 0 Å². The molecule has 1 N–H and O–H groups in total. The fourth-order valence-electron chi connectivity index (χ4n) is 2.21. The summed E-state index contributed by atoms with van der Waals surface area (Å²) in [6.07, 6.45) is 0. The van der Waals surface area contributed by atoms with Crippen molar-refractivity contribution in [3.63, 3.8) is 0 Å². The molecule has 7 heteroatoms. The van der Waals surface area contributed by atoms with Crippen molar-refractivity contribution in [1.82, 2.24) is 5.43 Å². The van der Waals surface area contributed by atoms with Gasteiger partial charge in [-0.05, 0) is 55.5 Å². The Kier molecular flexibility index (Phi) is 5.01. The van der Waals surface area contributed by atoms with Crippen LogP contribution in [0.1, 0.15) is 22.8 Å². The van der Waals surface area contributed by atoms with E-state index in [0.717, 1.165) is 9.86 Å². The molecular weight excluding hydrogens is 408 g/mol. The molecule has 3 rings (SSSR count). The Morgan fingerprint density at radius 2 is 1.88 bits per heavy atom. The largest absolute Gasteiger partial charge is 0.422 e. The highest BCUT2D eigenvalue weighted by Crippen LogP contribution is 2.19. The van der Waals surface area contributed by atoms with Crippen molar-refractivity contribution in [3.05, 3.63) is 79.6 Å². The van der Waals surface area contributed by atoms with Gasteiger partial charge in [0.05, 0.1) is 11.3 Å². The fourth-order valence-corrected chi connectivity index (χ4v) is 2.71. The van der Waals surface area contributed by atoms with Crippen LogP contribution in [0.15, 0.2) is 67.3 Å². The van der Waals surface area contributed by atoms with E-state index < -0.39 is 11.5 Å². The number of rotatable bonds is 3. The maximum atomic E-state index is 12.1. The molecule has 0 bridgehead atoms. The number of hydrazone groups is 1. The molecule has 0 atom stereocenters. The predicted octanol–water partition coefficient (Wildman–Crippen LogP) is 4.36. The third kappa shape index (κ3) is 3.97. The summed E-state index contributed by atoms with van der Waals surface area (Å²) in [4.78, 5) is 24.2. The summed E-state index contributed by atoms with van der Waals surface area (Å²) in [6.45, 7) is 1.62. The summed E-state index contributed by atoms with van der Waals surface area (Å²) in [5.41, 5.74) is 3.42. The number of nitrogens with one attached hydrogen (secondary N) is 1. The SMILES string of the molecule is C/C(=N\NC(=O)c1ccc(Cl)cc1)c1cc2cc(Br)ccc2oc1=O. The van der Waals surface area contributed by atoms with Gasteiger partial charge < -0.3 is 4.42 Å². The Bertz CT molecular complexity index is 1040. The number of amides is 1. The van der Waals surface area contributed by atoms with Gasteiger partial charge in [0.25, 0.3) is 5.91 Å². The van der Waals surface area contributed by atoms with Crippen LogP contribution in [0.25, 0.3) is 11.0 Å². The Labute approximate surface area is 156 Å². The summed E-state index contributed by atoms with van der Waals surface area (Å²) in [5, 5.41) is 5.29. The monoisotopic (exact) mass is 418 g/mol. The van der Waals surface area contributed by atoms with Crippen molar-refractivity contribution in [3.8, 4) is 0 Å². The second-order valence-corrected chi connectivity index (χ2v) is 6.63. The van der Waals surface area contributed by atoms with Crippen LogP contribution in [0.4, 0.5) is 0 Å². The van der Waals surface area contributed by atoms with E-state index in [1.807, 2.05) is 6.07 Å². The summed E-state index contributed by atoms with van der Waals surface area (Å²) in [7, 11) is 0.